The molecule has 1 N–H and O–H groups in total. The van der Waals surface area contributed by atoms with Gasteiger partial charge in [-0.25, -0.2) is 0 Å². The van der Waals surface area contributed by atoms with Crippen molar-refractivity contribution in [3.8, 4) is 5.75 Å². The van der Waals surface area contributed by atoms with Gasteiger partial charge >= 0.3 is 5.97 Å². The summed E-state index contributed by atoms with van der Waals surface area (Å²) in [5, 5.41) is 9.85. The van der Waals surface area contributed by atoms with Gasteiger partial charge in [0.2, 0.25) is 0 Å². The quantitative estimate of drug-likeness (QED) is 0.733. The van der Waals surface area contributed by atoms with Crippen molar-refractivity contribution < 1.29 is 19.4 Å². The van der Waals surface area contributed by atoms with Crippen molar-refractivity contribution in [1.29, 1.82) is 0 Å². The van der Waals surface area contributed by atoms with Crippen molar-refractivity contribution in [1.82, 2.24) is 4.90 Å². The fourth-order valence-electron chi connectivity index (χ4n) is 2.96. The number of morpholine rings is 1. The normalized spacial score (nSPS) is 17.6. The molecule has 0 bridgehead atoms. The second-order valence-electron chi connectivity index (χ2n) is 6.37. The molecule has 0 radical (unpaired) electrons. The van der Waals surface area contributed by atoms with E-state index in [9.17, 15) is 4.79 Å². The lowest BCUT2D eigenvalue weighted by Gasteiger charge is -2.32. The fourth-order valence-corrected chi connectivity index (χ4v) is 3.34. The van der Waals surface area contributed by atoms with E-state index in [1.165, 1.54) is 0 Å². The van der Waals surface area contributed by atoms with Crippen LogP contribution in [-0.2, 0) is 16.1 Å². The van der Waals surface area contributed by atoms with Crippen molar-refractivity contribution in [3.05, 3.63) is 63.6 Å². The molecule has 144 valence electrons. The summed E-state index contributed by atoms with van der Waals surface area (Å²) in [4.78, 5) is 12.9. The molecule has 5 nitrogen and oxygen atoms in total. The van der Waals surface area contributed by atoms with Gasteiger partial charge in [-0.05, 0) is 23.8 Å². The van der Waals surface area contributed by atoms with Gasteiger partial charge in [0.05, 0.1) is 29.2 Å². The molecule has 3 rings (SSSR count). The number of aliphatic carboxylic acids is 1. The third kappa shape index (κ3) is 5.59. The average molecular weight is 410 g/mol. The summed E-state index contributed by atoms with van der Waals surface area (Å²) in [5.41, 5.74) is 1.88. The molecule has 27 heavy (non-hydrogen) atoms. The Bertz CT molecular complexity index is 782. The van der Waals surface area contributed by atoms with Crippen LogP contribution in [0.2, 0.25) is 10.0 Å². The molecule has 1 saturated heterocycles. The number of rotatable bonds is 7. The molecule has 0 unspecified atom stereocenters. The lowest BCUT2D eigenvalue weighted by molar-refractivity contribution is -0.137. The van der Waals surface area contributed by atoms with Crippen molar-refractivity contribution in [2.24, 2.45) is 0 Å². The van der Waals surface area contributed by atoms with Crippen molar-refractivity contribution in [3.63, 3.8) is 0 Å². The Hall–Kier alpha value is -1.79. The van der Waals surface area contributed by atoms with E-state index in [-0.39, 0.29) is 12.5 Å². The van der Waals surface area contributed by atoms with Gasteiger partial charge in [0, 0.05) is 25.2 Å². The Labute approximate surface area is 168 Å². The number of nitrogens with zero attached hydrogens (tertiary/aromatic N) is 1. The number of ether oxygens (including phenoxy) is 2. The van der Waals surface area contributed by atoms with Crippen LogP contribution in [0.25, 0.3) is 0 Å². The van der Waals surface area contributed by atoms with E-state index in [4.69, 9.17) is 37.8 Å². The summed E-state index contributed by atoms with van der Waals surface area (Å²) in [5.74, 6) is -0.0484. The highest BCUT2D eigenvalue weighted by molar-refractivity contribution is 6.42. The van der Waals surface area contributed by atoms with Gasteiger partial charge in [-0.1, -0.05) is 47.5 Å². The van der Waals surface area contributed by atoms with E-state index in [2.05, 4.69) is 4.90 Å². The largest absolute Gasteiger partial charge is 0.489 e. The molecule has 2 aromatic rings. The minimum Gasteiger partial charge on any atom is -0.489 e. The topological polar surface area (TPSA) is 59.0 Å². The summed E-state index contributed by atoms with van der Waals surface area (Å²) in [7, 11) is 0. The van der Waals surface area contributed by atoms with Gasteiger partial charge in [-0.2, -0.15) is 0 Å². The first-order valence-electron chi connectivity index (χ1n) is 8.74. The zero-order chi connectivity index (χ0) is 19.2. The predicted octanol–water partition coefficient (Wildman–Crippen LogP) is 4.42. The number of carboxylic acid groups (broad SMARTS) is 1. The fraction of sp³-hybridized carbons (Fsp3) is 0.350. The van der Waals surface area contributed by atoms with Crippen LogP contribution in [0.4, 0.5) is 0 Å². The molecule has 1 aliphatic rings. The minimum absolute atomic E-state index is 0.0658. The van der Waals surface area contributed by atoms with Crippen LogP contribution < -0.4 is 4.74 Å². The van der Waals surface area contributed by atoms with Crippen molar-refractivity contribution in [2.45, 2.75) is 19.1 Å². The van der Waals surface area contributed by atoms with E-state index in [1.807, 2.05) is 36.4 Å². The highest BCUT2D eigenvalue weighted by atomic mass is 35.5. The van der Waals surface area contributed by atoms with E-state index >= 15 is 0 Å². The van der Waals surface area contributed by atoms with E-state index < -0.39 is 5.97 Å². The molecule has 0 spiro atoms. The highest BCUT2D eigenvalue weighted by Gasteiger charge is 2.22. The number of hydrogen-bond acceptors (Lipinski definition) is 4. The Morgan fingerprint density at radius 3 is 2.74 bits per heavy atom. The standard InChI is InChI=1S/C20H21Cl2NO4/c21-17-3-1-2-15(20(17)22)13-27-16-6-4-14(5-7-16)18-12-23(10-11-26-18)9-8-19(24)25/h1-7,18H,8-13H2,(H,24,25)/t18-/m1/s1. The van der Waals surface area contributed by atoms with Crippen LogP contribution in [0.15, 0.2) is 42.5 Å². The van der Waals surface area contributed by atoms with Crippen molar-refractivity contribution >= 4 is 29.2 Å². The molecular formula is C20H21Cl2NO4. The summed E-state index contributed by atoms with van der Waals surface area (Å²) in [6.07, 6.45) is 0.0786. The smallest absolute Gasteiger partial charge is 0.304 e. The molecule has 0 saturated carbocycles. The van der Waals surface area contributed by atoms with Crippen LogP contribution in [0, 0.1) is 0 Å². The lowest BCUT2D eigenvalue weighted by atomic mass is 10.1. The second-order valence-corrected chi connectivity index (χ2v) is 7.16. The van der Waals surface area contributed by atoms with Gasteiger partial charge in [0.25, 0.3) is 0 Å². The van der Waals surface area contributed by atoms with Crippen molar-refractivity contribution in [2.75, 3.05) is 26.2 Å². The monoisotopic (exact) mass is 409 g/mol. The first kappa shape index (κ1) is 20.0. The summed E-state index contributed by atoms with van der Waals surface area (Å²) in [6, 6.07) is 13.2. The maximum atomic E-state index is 10.7. The molecule has 2 aromatic carbocycles. The number of halogens is 2. The Morgan fingerprint density at radius 2 is 2.00 bits per heavy atom. The highest BCUT2D eigenvalue weighted by Crippen LogP contribution is 2.28. The Morgan fingerprint density at radius 1 is 1.22 bits per heavy atom. The van der Waals surface area contributed by atoms with Gasteiger partial charge in [-0.15, -0.1) is 0 Å². The van der Waals surface area contributed by atoms with Crippen LogP contribution in [0.5, 0.6) is 5.75 Å². The van der Waals surface area contributed by atoms with Gasteiger partial charge in [0.15, 0.2) is 0 Å². The maximum absolute atomic E-state index is 10.7. The predicted molar refractivity (Wildman–Crippen MR) is 105 cm³/mol. The SMILES string of the molecule is O=C(O)CCN1CCO[C@@H](c2ccc(OCc3cccc(Cl)c3Cl)cc2)C1. The first-order valence-corrected chi connectivity index (χ1v) is 9.50. The summed E-state index contributed by atoms with van der Waals surface area (Å²) < 4.78 is 11.6. The molecule has 1 heterocycles. The minimum atomic E-state index is -0.778. The second kappa shape index (κ2) is 9.42. The molecular weight excluding hydrogens is 389 g/mol. The summed E-state index contributed by atoms with van der Waals surface area (Å²) in [6.45, 7) is 2.91. The van der Waals surface area contributed by atoms with Gasteiger partial charge < -0.3 is 14.6 Å². The van der Waals surface area contributed by atoms with E-state index in [0.717, 1.165) is 23.4 Å². The third-order valence-corrected chi connectivity index (χ3v) is 5.33. The lowest BCUT2D eigenvalue weighted by Crippen LogP contribution is -2.39. The van der Waals surface area contributed by atoms with Crippen LogP contribution in [0.3, 0.4) is 0 Å². The molecule has 1 fully saturated rings. The van der Waals surface area contributed by atoms with Gasteiger partial charge in [-0.3, -0.25) is 9.69 Å². The average Bonchev–Trinajstić information content (AvgIpc) is 2.68. The molecule has 1 atom stereocenters. The number of carbonyl (C=O) groups is 1. The first-order chi connectivity index (χ1) is 13.0. The van der Waals surface area contributed by atoms with Crippen LogP contribution >= 0.6 is 23.2 Å². The Balaban J connectivity index is 1.56. The van der Waals surface area contributed by atoms with Crippen LogP contribution in [-0.4, -0.2) is 42.2 Å². The van der Waals surface area contributed by atoms with E-state index in [1.54, 1.807) is 6.07 Å². The third-order valence-electron chi connectivity index (χ3n) is 4.47. The molecule has 7 heteroatoms. The molecule has 0 amide bonds. The van der Waals surface area contributed by atoms with Crippen LogP contribution in [0.1, 0.15) is 23.7 Å². The number of hydrogen-bond donors (Lipinski definition) is 1. The number of benzene rings is 2. The molecule has 0 aliphatic carbocycles. The molecule has 1 aliphatic heterocycles. The Kier molecular flexibility index (Phi) is 6.96. The maximum Gasteiger partial charge on any atom is 0.304 e. The van der Waals surface area contributed by atoms with Gasteiger partial charge in [0.1, 0.15) is 12.4 Å². The zero-order valence-electron chi connectivity index (χ0n) is 14.7. The zero-order valence-corrected chi connectivity index (χ0v) is 16.2. The number of carboxylic acids is 1. The van der Waals surface area contributed by atoms with E-state index in [0.29, 0.717) is 36.3 Å². The summed E-state index contributed by atoms with van der Waals surface area (Å²) >= 11 is 12.2. The molecule has 0 aromatic heterocycles.